The largest absolute Gasteiger partial charge is 0.478 e. The number of carbonyl (C=O) groups is 4. The predicted molar refractivity (Wildman–Crippen MR) is 175 cm³/mol. The molecule has 6 rings (SSSR count). The summed E-state index contributed by atoms with van der Waals surface area (Å²) in [4.78, 5) is 55.3. The number of nitrogens with one attached hydrogen (secondary N) is 3. The SMILES string of the molecule is CC(=O)NC1C(N=C(N)NC2(C(=O)O)CC(O)C(N(C)C(C)=O)C(CNC34CC5CC6CC(C3)C6(C5)C4)O2)C=C(C(=O)O)OC1C(O)C(O)CO. The molecule has 6 aliphatic rings. The van der Waals surface area contributed by atoms with Crippen molar-refractivity contribution in [3.63, 3.8) is 0 Å². The van der Waals surface area contributed by atoms with Crippen LogP contribution in [0.15, 0.2) is 16.8 Å². The highest BCUT2D eigenvalue weighted by atomic mass is 16.6. The first-order chi connectivity index (χ1) is 23.9. The van der Waals surface area contributed by atoms with Gasteiger partial charge < -0.3 is 66.7 Å². The lowest BCUT2D eigenvalue weighted by molar-refractivity contribution is -0.217. The molecule has 284 valence electrons. The smallest absolute Gasteiger partial charge is 0.370 e. The Morgan fingerprint density at radius 2 is 1.82 bits per heavy atom. The number of aliphatic hydroxyl groups excluding tert-OH is 4. The van der Waals surface area contributed by atoms with Gasteiger partial charge in [-0.15, -0.1) is 0 Å². The van der Waals surface area contributed by atoms with Crippen LogP contribution >= 0.6 is 0 Å². The first kappa shape index (κ1) is 37.2. The lowest BCUT2D eigenvalue weighted by Gasteiger charge is -2.50. The van der Waals surface area contributed by atoms with Gasteiger partial charge in [0.15, 0.2) is 5.96 Å². The van der Waals surface area contributed by atoms with Gasteiger partial charge in [0, 0.05) is 39.4 Å². The van der Waals surface area contributed by atoms with Crippen molar-refractivity contribution in [2.75, 3.05) is 20.2 Å². The van der Waals surface area contributed by atoms with Crippen molar-refractivity contribution in [3.05, 3.63) is 11.8 Å². The van der Waals surface area contributed by atoms with Crippen LogP contribution in [0.25, 0.3) is 0 Å². The van der Waals surface area contributed by atoms with Crippen LogP contribution in [0.3, 0.4) is 0 Å². The molecule has 1 saturated heterocycles. The van der Waals surface area contributed by atoms with Crippen molar-refractivity contribution >= 4 is 29.7 Å². The molecule has 18 heteroatoms. The minimum absolute atomic E-state index is 0.134. The molecule has 2 heterocycles. The maximum atomic E-state index is 13.0. The van der Waals surface area contributed by atoms with Gasteiger partial charge in [-0.1, -0.05) is 0 Å². The number of aliphatic hydroxyl groups is 4. The molecule has 0 radical (unpaired) electrons. The van der Waals surface area contributed by atoms with Gasteiger partial charge in [0.05, 0.1) is 36.9 Å². The number of aliphatic imine (C=N–C) groups is 1. The monoisotopic (exact) mass is 722 g/mol. The van der Waals surface area contributed by atoms with Crippen molar-refractivity contribution < 1.29 is 59.3 Å². The van der Waals surface area contributed by atoms with Crippen LogP contribution in [0.5, 0.6) is 0 Å². The van der Waals surface area contributed by atoms with Gasteiger partial charge in [-0.3, -0.25) is 9.59 Å². The number of nitrogens with zero attached hydrogens (tertiary/aromatic N) is 2. The molecule has 14 atom stereocenters. The van der Waals surface area contributed by atoms with Crippen LogP contribution in [0.1, 0.15) is 58.8 Å². The van der Waals surface area contributed by atoms with Gasteiger partial charge in [-0.25, -0.2) is 14.6 Å². The molecule has 0 aromatic carbocycles. The number of aliphatic carboxylic acids is 2. The van der Waals surface area contributed by atoms with E-state index < -0.39 is 97.0 Å². The van der Waals surface area contributed by atoms with E-state index in [-0.39, 0.29) is 18.0 Å². The number of guanidine groups is 1. The standard InChI is InChI=1S/C33H50N6O12/c1-14(41)36-24-19(6-22(28(46)47)50-27(24)26(45)21(44)12-40)37-30(34)38-33(29(48)49)10-20(43)25(39(3)15(2)42)23(51-33)11-35-31-7-16-4-17-5-18(9-31)32(17,8-16)13-31/h6,16-21,23-27,35,40,43-45H,4-5,7-13H2,1-3H3,(H,36,41)(H,46,47)(H,48,49)(H3,34,37,38). The average Bonchev–Trinajstić information content (AvgIpc) is 3.37. The van der Waals surface area contributed by atoms with Crippen LogP contribution in [0.2, 0.25) is 0 Å². The van der Waals surface area contributed by atoms with Crippen molar-refractivity contribution in [2.45, 2.75) is 119 Å². The van der Waals surface area contributed by atoms with E-state index in [1.54, 1.807) is 0 Å². The molecule has 4 aliphatic carbocycles. The van der Waals surface area contributed by atoms with Gasteiger partial charge in [-0.05, 0) is 67.8 Å². The van der Waals surface area contributed by atoms with Gasteiger partial charge >= 0.3 is 11.9 Å². The van der Waals surface area contributed by atoms with E-state index >= 15 is 0 Å². The summed E-state index contributed by atoms with van der Waals surface area (Å²) in [5, 5.41) is 70.8. The van der Waals surface area contributed by atoms with E-state index in [0.29, 0.717) is 17.3 Å². The first-order valence-corrected chi connectivity index (χ1v) is 17.5. The average molecular weight is 723 g/mol. The third kappa shape index (κ3) is 6.54. The molecular formula is C33H50N6O12. The van der Waals surface area contributed by atoms with Crippen LogP contribution in [0.4, 0.5) is 0 Å². The molecule has 11 N–H and O–H groups in total. The second-order valence-corrected chi connectivity index (χ2v) is 15.6. The van der Waals surface area contributed by atoms with Gasteiger partial charge in [0.1, 0.15) is 18.3 Å². The topological polar surface area (TPSA) is 286 Å². The molecule has 4 saturated carbocycles. The van der Waals surface area contributed by atoms with Crippen LogP contribution in [0, 0.1) is 23.2 Å². The number of rotatable bonds is 12. The maximum Gasteiger partial charge on any atom is 0.370 e. The van der Waals surface area contributed by atoms with E-state index in [0.717, 1.165) is 38.2 Å². The van der Waals surface area contributed by atoms with Crippen molar-refractivity contribution in [1.82, 2.24) is 20.9 Å². The Morgan fingerprint density at radius 1 is 1.10 bits per heavy atom. The summed E-state index contributed by atoms with van der Waals surface area (Å²) in [6.45, 7) is 1.69. The minimum atomic E-state index is -2.37. The van der Waals surface area contributed by atoms with Crippen LogP contribution in [-0.2, 0) is 28.7 Å². The maximum absolute atomic E-state index is 13.0. The normalized spacial score (nSPS) is 42.1. The van der Waals surface area contributed by atoms with Crippen LogP contribution < -0.4 is 21.7 Å². The molecular weight excluding hydrogens is 672 g/mol. The van der Waals surface area contributed by atoms with Crippen molar-refractivity contribution in [3.8, 4) is 0 Å². The number of likely N-dealkylation sites (N-methyl/N-ethyl adjacent to an activating group) is 1. The molecule has 2 aliphatic heterocycles. The highest BCUT2D eigenvalue weighted by molar-refractivity contribution is 5.88. The van der Waals surface area contributed by atoms with Crippen molar-refractivity contribution in [2.24, 2.45) is 33.9 Å². The number of nitrogens with two attached hydrogens (primary N) is 1. The zero-order valence-corrected chi connectivity index (χ0v) is 28.9. The van der Waals surface area contributed by atoms with E-state index in [1.807, 2.05) is 0 Å². The summed E-state index contributed by atoms with van der Waals surface area (Å²) in [5.41, 5.74) is 4.12. The highest BCUT2D eigenvalue weighted by Crippen LogP contribution is 2.76. The zero-order valence-electron chi connectivity index (χ0n) is 28.9. The molecule has 3 bridgehead atoms. The Hall–Kier alpha value is -3.55. The number of fused-ring (bicyclic) bond motifs is 2. The lowest BCUT2D eigenvalue weighted by Crippen LogP contribution is -2.71. The van der Waals surface area contributed by atoms with Gasteiger partial charge in [0.2, 0.25) is 23.3 Å². The summed E-state index contributed by atoms with van der Waals surface area (Å²) in [5.74, 6) is -3.39. The lowest BCUT2D eigenvalue weighted by atomic mass is 9.56. The number of carboxylic acids is 2. The van der Waals surface area contributed by atoms with Gasteiger partial charge in [0.25, 0.3) is 0 Å². The first-order valence-electron chi connectivity index (χ1n) is 17.5. The molecule has 18 nitrogen and oxygen atoms in total. The third-order valence-electron chi connectivity index (χ3n) is 12.5. The summed E-state index contributed by atoms with van der Waals surface area (Å²) in [6, 6.07) is -3.66. The minimum Gasteiger partial charge on any atom is -0.478 e. The fourth-order valence-corrected chi connectivity index (χ4v) is 10.4. The molecule has 2 amide bonds. The third-order valence-corrected chi connectivity index (χ3v) is 12.5. The zero-order chi connectivity index (χ0) is 37.2. The number of ether oxygens (including phenoxy) is 2. The summed E-state index contributed by atoms with van der Waals surface area (Å²) >= 11 is 0. The molecule has 1 spiro atoms. The fourth-order valence-electron chi connectivity index (χ4n) is 10.4. The van der Waals surface area contributed by atoms with E-state index in [4.69, 9.17) is 15.2 Å². The highest BCUT2D eigenvalue weighted by Gasteiger charge is 2.71. The summed E-state index contributed by atoms with van der Waals surface area (Å²) in [6.07, 6.45) is -0.544. The Morgan fingerprint density at radius 3 is 2.45 bits per heavy atom. The number of hydrogen-bond acceptors (Lipinski definition) is 12. The van der Waals surface area contributed by atoms with Gasteiger partial charge in [-0.2, -0.15) is 0 Å². The van der Waals surface area contributed by atoms with Crippen molar-refractivity contribution in [1.29, 1.82) is 0 Å². The molecule has 0 aromatic rings. The second kappa shape index (κ2) is 13.5. The van der Waals surface area contributed by atoms with E-state index in [9.17, 15) is 49.8 Å². The number of carbonyl (C=O) groups excluding carboxylic acids is 2. The fraction of sp³-hybridized carbons (Fsp3) is 0.788. The van der Waals surface area contributed by atoms with E-state index in [1.165, 1.54) is 38.1 Å². The Kier molecular flexibility index (Phi) is 9.82. The predicted octanol–water partition coefficient (Wildman–Crippen LogP) is -2.82. The number of carboxylic acid groups (broad SMARTS) is 2. The summed E-state index contributed by atoms with van der Waals surface area (Å²) < 4.78 is 11.7. The Balaban J connectivity index is 1.28. The van der Waals surface area contributed by atoms with Crippen LogP contribution in [-0.4, -0.2) is 145 Å². The molecule has 0 aromatic heterocycles. The molecule has 5 fully saturated rings. The Bertz CT molecular complexity index is 1490. The van der Waals surface area contributed by atoms with E-state index in [2.05, 4.69) is 20.9 Å². The summed E-state index contributed by atoms with van der Waals surface area (Å²) in [7, 11) is 1.51. The molecule has 51 heavy (non-hydrogen) atoms. The second-order valence-electron chi connectivity index (χ2n) is 15.6. The number of amides is 2. The number of hydrogen-bond donors (Lipinski definition) is 10. The quantitative estimate of drug-likeness (QED) is 0.0718. The molecule has 14 unspecified atom stereocenters. The Labute approximate surface area is 294 Å².